The molecule has 66 valence electrons. The van der Waals surface area contributed by atoms with Crippen LogP contribution in [0.2, 0.25) is 0 Å². The molecule has 0 saturated carbocycles. The van der Waals surface area contributed by atoms with Crippen molar-refractivity contribution in [3.05, 3.63) is 23.5 Å². The highest BCUT2D eigenvalue weighted by atomic mass is 16.5. The van der Waals surface area contributed by atoms with Gasteiger partial charge in [-0.05, 0) is 0 Å². The van der Waals surface area contributed by atoms with E-state index in [9.17, 15) is 4.79 Å². The summed E-state index contributed by atoms with van der Waals surface area (Å²) in [6.07, 6.45) is 3.77. The van der Waals surface area contributed by atoms with E-state index in [4.69, 9.17) is 9.84 Å². The molecule has 0 aliphatic carbocycles. The molecule has 4 nitrogen and oxygen atoms in total. The first kappa shape index (κ1) is 8.80. The Kier molecular flexibility index (Phi) is 2.88. The van der Waals surface area contributed by atoms with Gasteiger partial charge < -0.3 is 15.2 Å². The van der Waals surface area contributed by atoms with Gasteiger partial charge in [0.05, 0.1) is 12.2 Å². The predicted molar refractivity (Wildman–Crippen MR) is 43.4 cm³/mol. The third-order valence-corrected chi connectivity index (χ3v) is 1.57. The number of hydrogen-bond donors (Lipinski definition) is 2. The molecule has 0 saturated heterocycles. The first-order chi connectivity index (χ1) is 5.74. The van der Waals surface area contributed by atoms with Crippen molar-refractivity contribution in [1.29, 1.82) is 0 Å². The van der Waals surface area contributed by atoms with Crippen LogP contribution in [-0.2, 0) is 9.53 Å². The van der Waals surface area contributed by atoms with Crippen molar-refractivity contribution in [3.63, 3.8) is 0 Å². The molecular formula is C8H11NO3. The minimum atomic E-state index is -0.879. The van der Waals surface area contributed by atoms with Gasteiger partial charge in [-0.2, -0.15) is 0 Å². The molecule has 1 aliphatic heterocycles. The van der Waals surface area contributed by atoms with Gasteiger partial charge in [-0.3, -0.25) is 0 Å². The number of carboxylic acids is 1. The third-order valence-electron chi connectivity index (χ3n) is 1.57. The predicted octanol–water partition coefficient (Wildman–Crippen LogP) is 0.479. The maximum Gasteiger partial charge on any atom is 0.333 e. The van der Waals surface area contributed by atoms with E-state index in [0.717, 1.165) is 5.70 Å². The van der Waals surface area contributed by atoms with E-state index in [-0.39, 0.29) is 0 Å². The number of rotatable bonds is 3. The molecule has 0 unspecified atom stereocenters. The van der Waals surface area contributed by atoms with Crippen LogP contribution in [0.5, 0.6) is 0 Å². The van der Waals surface area contributed by atoms with Crippen molar-refractivity contribution in [1.82, 2.24) is 5.32 Å². The van der Waals surface area contributed by atoms with Gasteiger partial charge in [0.2, 0.25) is 0 Å². The smallest absolute Gasteiger partial charge is 0.333 e. The number of methoxy groups -OCH3 is 1. The van der Waals surface area contributed by atoms with Crippen LogP contribution in [0.15, 0.2) is 23.5 Å². The zero-order chi connectivity index (χ0) is 8.97. The molecule has 1 heterocycles. The standard InChI is InChI=1S/C8H11NO3/c1-12-5-7-3-2-6(4-9-7)8(10)11/h3-4,9H,2,5H2,1H3,(H,10,11). The van der Waals surface area contributed by atoms with Gasteiger partial charge in [0.25, 0.3) is 0 Å². The fraction of sp³-hybridized carbons (Fsp3) is 0.375. The van der Waals surface area contributed by atoms with Crippen LogP contribution < -0.4 is 5.32 Å². The largest absolute Gasteiger partial charge is 0.478 e. The zero-order valence-corrected chi connectivity index (χ0v) is 6.83. The topological polar surface area (TPSA) is 58.6 Å². The molecule has 1 rings (SSSR count). The van der Waals surface area contributed by atoms with Gasteiger partial charge in [0.15, 0.2) is 0 Å². The number of ether oxygens (including phenoxy) is 1. The van der Waals surface area contributed by atoms with Crippen molar-refractivity contribution in [2.75, 3.05) is 13.7 Å². The van der Waals surface area contributed by atoms with Crippen LogP contribution >= 0.6 is 0 Å². The first-order valence-electron chi connectivity index (χ1n) is 3.61. The Labute approximate surface area is 70.5 Å². The van der Waals surface area contributed by atoms with Crippen LogP contribution in [0.4, 0.5) is 0 Å². The van der Waals surface area contributed by atoms with Crippen LogP contribution in [0.25, 0.3) is 0 Å². The van der Waals surface area contributed by atoms with Gasteiger partial charge >= 0.3 is 5.97 Å². The molecule has 4 heteroatoms. The molecule has 0 fully saturated rings. The van der Waals surface area contributed by atoms with Crippen LogP contribution in [0.3, 0.4) is 0 Å². The van der Waals surface area contributed by atoms with E-state index in [1.165, 1.54) is 6.20 Å². The van der Waals surface area contributed by atoms with E-state index in [1.807, 2.05) is 6.08 Å². The normalized spacial score (nSPS) is 16.1. The van der Waals surface area contributed by atoms with E-state index in [2.05, 4.69) is 5.32 Å². The molecule has 0 aromatic heterocycles. The lowest BCUT2D eigenvalue weighted by Crippen LogP contribution is -2.17. The molecule has 0 aromatic rings. The summed E-state index contributed by atoms with van der Waals surface area (Å²) in [5, 5.41) is 11.4. The maximum absolute atomic E-state index is 10.5. The second kappa shape index (κ2) is 3.92. The highest BCUT2D eigenvalue weighted by Crippen LogP contribution is 2.09. The summed E-state index contributed by atoms with van der Waals surface area (Å²) in [6, 6.07) is 0. The summed E-state index contributed by atoms with van der Waals surface area (Å²) in [7, 11) is 1.60. The van der Waals surface area contributed by atoms with Gasteiger partial charge in [0, 0.05) is 25.4 Å². The Hall–Kier alpha value is -1.29. The lowest BCUT2D eigenvalue weighted by molar-refractivity contribution is -0.132. The number of nitrogens with one attached hydrogen (secondary N) is 1. The van der Waals surface area contributed by atoms with Crippen molar-refractivity contribution >= 4 is 5.97 Å². The average Bonchev–Trinajstić information content (AvgIpc) is 2.06. The number of carboxylic acid groups (broad SMARTS) is 1. The second-order valence-corrected chi connectivity index (χ2v) is 2.49. The lowest BCUT2D eigenvalue weighted by Gasteiger charge is -2.12. The number of carbonyl (C=O) groups is 1. The molecule has 0 amide bonds. The Bertz CT molecular complexity index is 243. The molecule has 1 aliphatic rings. The van der Waals surface area contributed by atoms with E-state index in [0.29, 0.717) is 18.6 Å². The van der Waals surface area contributed by atoms with Crippen molar-refractivity contribution in [3.8, 4) is 0 Å². The molecule has 0 aromatic carbocycles. The summed E-state index contributed by atoms with van der Waals surface area (Å²) in [6.45, 7) is 0.489. The quantitative estimate of drug-likeness (QED) is 0.645. The third kappa shape index (κ3) is 2.10. The van der Waals surface area contributed by atoms with E-state index in [1.54, 1.807) is 7.11 Å². The summed E-state index contributed by atoms with van der Waals surface area (Å²) in [5.41, 5.74) is 1.28. The summed E-state index contributed by atoms with van der Waals surface area (Å²) in [5.74, 6) is -0.879. The van der Waals surface area contributed by atoms with Crippen LogP contribution in [0, 0.1) is 0 Å². The Morgan fingerprint density at radius 2 is 2.58 bits per heavy atom. The number of hydrogen-bond acceptors (Lipinski definition) is 3. The molecule has 0 bridgehead atoms. The Balaban J connectivity index is 2.48. The molecule has 0 radical (unpaired) electrons. The Morgan fingerprint density at radius 1 is 1.83 bits per heavy atom. The van der Waals surface area contributed by atoms with Crippen molar-refractivity contribution in [2.24, 2.45) is 0 Å². The summed E-state index contributed by atoms with van der Waals surface area (Å²) >= 11 is 0. The van der Waals surface area contributed by atoms with Crippen molar-refractivity contribution in [2.45, 2.75) is 6.42 Å². The van der Waals surface area contributed by atoms with Gasteiger partial charge in [-0.1, -0.05) is 6.08 Å². The number of dihydropyridines is 1. The lowest BCUT2D eigenvalue weighted by atomic mass is 10.1. The zero-order valence-electron chi connectivity index (χ0n) is 6.83. The summed E-state index contributed by atoms with van der Waals surface area (Å²) in [4.78, 5) is 10.5. The van der Waals surface area contributed by atoms with Gasteiger partial charge in [-0.25, -0.2) is 4.79 Å². The minimum absolute atomic E-state index is 0.370. The molecule has 0 atom stereocenters. The molecule has 0 spiro atoms. The molecule has 2 N–H and O–H groups in total. The average molecular weight is 169 g/mol. The Morgan fingerprint density at radius 3 is 3.00 bits per heavy atom. The SMILES string of the molecule is COCC1=CCC(C(=O)O)=CN1. The van der Waals surface area contributed by atoms with Crippen LogP contribution in [0.1, 0.15) is 6.42 Å². The number of aliphatic carboxylic acids is 1. The molecule has 12 heavy (non-hydrogen) atoms. The fourth-order valence-electron chi connectivity index (χ4n) is 0.936. The van der Waals surface area contributed by atoms with Crippen LogP contribution in [-0.4, -0.2) is 24.8 Å². The minimum Gasteiger partial charge on any atom is -0.478 e. The van der Waals surface area contributed by atoms with Gasteiger partial charge in [0.1, 0.15) is 0 Å². The van der Waals surface area contributed by atoms with E-state index >= 15 is 0 Å². The maximum atomic E-state index is 10.5. The van der Waals surface area contributed by atoms with E-state index < -0.39 is 5.97 Å². The van der Waals surface area contributed by atoms with Gasteiger partial charge in [-0.15, -0.1) is 0 Å². The first-order valence-corrected chi connectivity index (χ1v) is 3.61. The highest BCUT2D eigenvalue weighted by Gasteiger charge is 2.09. The summed E-state index contributed by atoms with van der Waals surface area (Å²) < 4.78 is 4.87. The number of allylic oxidation sites excluding steroid dienone is 1. The monoisotopic (exact) mass is 169 g/mol. The molecular weight excluding hydrogens is 158 g/mol. The second-order valence-electron chi connectivity index (χ2n) is 2.49. The fourth-order valence-corrected chi connectivity index (χ4v) is 0.936. The highest BCUT2D eigenvalue weighted by molar-refractivity contribution is 5.87. The van der Waals surface area contributed by atoms with Crippen molar-refractivity contribution < 1.29 is 14.6 Å².